The van der Waals surface area contributed by atoms with Crippen molar-refractivity contribution in [2.75, 3.05) is 0 Å². The van der Waals surface area contributed by atoms with Gasteiger partial charge in [-0.2, -0.15) is 21.6 Å². The molecule has 0 unspecified atom stereocenters. The molecule has 0 bridgehead atoms. The van der Waals surface area contributed by atoms with Crippen LogP contribution in [-0.4, -0.2) is 97.9 Å². The first kappa shape index (κ1) is 60.4. The molecule has 0 saturated carbocycles. The zero-order chi connectivity index (χ0) is 38.5. The molecular weight excluding hydrogens is 893 g/mol. The van der Waals surface area contributed by atoms with Gasteiger partial charge in [-0.05, 0) is 0 Å². The van der Waals surface area contributed by atoms with Crippen molar-refractivity contribution in [3.8, 4) is 0 Å². The summed E-state index contributed by atoms with van der Waals surface area (Å²) in [6.07, 6.45) is 0. The smallest absolute Gasteiger partial charge is 1.00 e. The van der Waals surface area contributed by atoms with Crippen LogP contribution in [0.1, 0.15) is 1.43 Å². The van der Waals surface area contributed by atoms with Crippen molar-refractivity contribution in [3.63, 3.8) is 0 Å². The van der Waals surface area contributed by atoms with E-state index in [0.717, 1.165) is 0 Å². The molecule has 20 N–H and O–H groups in total. The molecule has 0 aliphatic rings. The Labute approximate surface area is 273 Å². The van der Waals surface area contributed by atoms with Crippen molar-refractivity contribution in [1.29, 1.82) is 0 Å². The van der Waals surface area contributed by atoms with Gasteiger partial charge in [0.05, 0.1) is 0 Å². The number of hydrogen-bond donors (Lipinski definition) is 20. The fourth-order valence-electron chi connectivity index (χ4n) is 0.693. The van der Waals surface area contributed by atoms with Crippen LogP contribution in [0.2, 0.25) is 0 Å². The SMILES string of the molecule is O=P(O)(O)OP(=O)(O)O.O=P(O)(O)OP(=O)(O)O.O=P(O)(O)OP(=O)(O)O.O=P(O)(O)OP(=O)(O)O.O=P(O)(O)OP(=O)(O)O.[H-].[Na+]. The van der Waals surface area contributed by atoms with Crippen LogP contribution in [0.4, 0.5) is 0 Å². The third-order valence-corrected chi connectivity index (χ3v) is 9.57. The molecule has 0 heterocycles. The predicted molar refractivity (Wildman–Crippen MR) is 127 cm³/mol. The average Bonchev–Trinajstić information content (AvgIpc) is 2.36. The Morgan fingerprint density at radius 1 is 0.217 bits per heavy atom. The molecule has 0 aromatic rings. The molecule has 0 aliphatic heterocycles. The Morgan fingerprint density at radius 3 is 0.261 bits per heavy atom. The van der Waals surface area contributed by atoms with E-state index in [1.165, 1.54) is 0 Å². The summed E-state index contributed by atoms with van der Waals surface area (Å²) in [5.41, 5.74) is 0. The van der Waals surface area contributed by atoms with Gasteiger partial charge in [-0.1, -0.05) is 0 Å². The van der Waals surface area contributed by atoms with Gasteiger partial charge in [-0.3, -0.25) is 0 Å². The van der Waals surface area contributed by atoms with Gasteiger partial charge < -0.3 is 99.3 Å². The van der Waals surface area contributed by atoms with Gasteiger partial charge in [-0.25, -0.2) is 45.7 Å². The van der Waals surface area contributed by atoms with E-state index >= 15 is 0 Å². The molecule has 46 heavy (non-hydrogen) atoms. The molecule has 0 fully saturated rings. The summed E-state index contributed by atoms with van der Waals surface area (Å²) < 4.78 is 111. The van der Waals surface area contributed by atoms with Crippen molar-refractivity contribution >= 4 is 78.2 Å². The van der Waals surface area contributed by atoms with Gasteiger partial charge in [0.2, 0.25) is 0 Å². The third-order valence-electron chi connectivity index (χ3n) is 1.06. The molecular formula is H21NaO35P10. The summed E-state index contributed by atoms with van der Waals surface area (Å²) in [6, 6.07) is 0. The first-order chi connectivity index (χ1) is 18.5. The van der Waals surface area contributed by atoms with Crippen LogP contribution in [-0.2, 0) is 67.2 Å². The van der Waals surface area contributed by atoms with Crippen molar-refractivity contribution in [3.05, 3.63) is 0 Å². The first-order valence-electron chi connectivity index (χ1n) is 7.65. The van der Waals surface area contributed by atoms with Crippen molar-refractivity contribution < 1.29 is 196 Å². The summed E-state index contributed by atoms with van der Waals surface area (Å²) in [7, 11) is -50.5. The Balaban J connectivity index is -0.0000000842. The Bertz CT molecular complexity index is 995. The Kier molecular flexibility index (Phi) is 29.4. The normalized spacial score (nSPS) is 13.5. The third kappa shape index (κ3) is 91.1. The maximum Gasteiger partial charge on any atom is 1.00 e. The monoisotopic (exact) mass is 914 g/mol. The van der Waals surface area contributed by atoms with Gasteiger partial charge in [0, 0.05) is 0 Å². The largest absolute Gasteiger partial charge is 1.00 e. The minimum absolute atomic E-state index is 0. The van der Waals surface area contributed by atoms with Crippen molar-refractivity contribution in [1.82, 2.24) is 0 Å². The molecule has 0 atom stereocenters. The molecule has 46 heteroatoms. The summed E-state index contributed by atoms with van der Waals surface area (Å²) in [6.45, 7) is 0. The molecule has 0 aromatic carbocycles. The van der Waals surface area contributed by atoms with Crippen LogP contribution in [0.3, 0.4) is 0 Å². The van der Waals surface area contributed by atoms with Crippen LogP contribution in [0.25, 0.3) is 0 Å². The maximum atomic E-state index is 9.63. The molecule has 0 radical (unpaired) electrons. The second-order valence-corrected chi connectivity index (χ2v) is 18.4. The molecule has 0 rings (SSSR count). The summed E-state index contributed by atoms with van der Waals surface area (Å²) in [5, 5.41) is 0. The van der Waals surface area contributed by atoms with E-state index in [0.29, 0.717) is 0 Å². The number of phosphoric acid groups is 10. The second-order valence-electron chi connectivity index (χ2n) is 5.31. The van der Waals surface area contributed by atoms with Crippen LogP contribution in [0.5, 0.6) is 0 Å². The fourth-order valence-corrected chi connectivity index (χ4v) is 6.24. The van der Waals surface area contributed by atoms with Crippen LogP contribution < -0.4 is 29.6 Å². The molecule has 35 nitrogen and oxygen atoms in total. The maximum absolute atomic E-state index is 9.63. The molecule has 0 spiro atoms. The number of rotatable bonds is 10. The van der Waals surface area contributed by atoms with E-state index < -0.39 is 78.2 Å². The molecule has 0 aliphatic carbocycles. The quantitative estimate of drug-likeness (QED) is 0.0715. The Morgan fingerprint density at radius 2 is 0.261 bits per heavy atom. The molecule has 0 aromatic heterocycles. The molecule has 0 amide bonds. The van der Waals surface area contributed by atoms with Gasteiger partial charge >= 0.3 is 108 Å². The van der Waals surface area contributed by atoms with Gasteiger partial charge in [-0.15, -0.1) is 0 Å². The van der Waals surface area contributed by atoms with Gasteiger partial charge in [0.25, 0.3) is 0 Å². The predicted octanol–water partition coefficient (Wildman–Crippen LogP) is -6.94. The summed E-state index contributed by atoms with van der Waals surface area (Å²) in [4.78, 5) is 155. The topological polar surface area (TPSA) is 621 Å². The number of hydrogen-bond acceptors (Lipinski definition) is 15. The zero-order valence-electron chi connectivity index (χ0n) is 21.5. The van der Waals surface area contributed by atoms with Gasteiger partial charge in [0.15, 0.2) is 0 Å². The first-order valence-corrected chi connectivity index (χ1v) is 23.0. The van der Waals surface area contributed by atoms with E-state index in [4.69, 9.17) is 97.9 Å². The van der Waals surface area contributed by atoms with E-state index in [1.54, 1.807) is 0 Å². The standard InChI is InChI=1S/Na.5H4O7P2.H/c;5*1-8(2,3)7-9(4,5)6;/h;5*(H2,1,2,3)(H2,4,5,6);/q+1;;;;;;-1. The zero-order valence-corrected chi connectivity index (χ0v) is 31.5. The van der Waals surface area contributed by atoms with Crippen LogP contribution >= 0.6 is 78.2 Å². The Hall–Kier alpha value is 2.30. The van der Waals surface area contributed by atoms with Crippen molar-refractivity contribution in [2.24, 2.45) is 0 Å². The van der Waals surface area contributed by atoms with E-state index in [-0.39, 0.29) is 31.0 Å². The van der Waals surface area contributed by atoms with Crippen molar-refractivity contribution in [2.45, 2.75) is 0 Å². The van der Waals surface area contributed by atoms with Crippen LogP contribution in [0, 0.1) is 0 Å². The van der Waals surface area contributed by atoms with E-state index in [9.17, 15) is 45.7 Å². The van der Waals surface area contributed by atoms with E-state index in [1.807, 2.05) is 0 Å². The fraction of sp³-hybridized carbons (Fsp3) is 0. The minimum atomic E-state index is -5.05. The van der Waals surface area contributed by atoms with Gasteiger partial charge in [0.1, 0.15) is 0 Å². The average molecular weight is 914 g/mol. The molecule has 0 saturated heterocycles. The molecule has 282 valence electrons. The van der Waals surface area contributed by atoms with E-state index in [2.05, 4.69) is 21.6 Å². The minimum Gasteiger partial charge on any atom is -1.00 e. The summed E-state index contributed by atoms with van der Waals surface area (Å²) >= 11 is 0. The van der Waals surface area contributed by atoms with Crippen LogP contribution in [0.15, 0.2) is 0 Å². The summed E-state index contributed by atoms with van der Waals surface area (Å²) in [5.74, 6) is 0. The second kappa shape index (κ2) is 22.4.